The highest BCUT2D eigenvalue weighted by molar-refractivity contribution is 7.99. The van der Waals surface area contributed by atoms with E-state index in [0.717, 1.165) is 29.5 Å². The molecule has 4 rings (SSSR count). The maximum Gasteiger partial charge on any atom is 0.279 e. The van der Waals surface area contributed by atoms with Crippen LogP contribution in [0.2, 0.25) is 0 Å². The molecule has 0 saturated heterocycles. The van der Waals surface area contributed by atoms with Gasteiger partial charge in [0.05, 0.1) is 15.5 Å². The highest BCUT2D eigenvalue weighted by Gasteiger charge is 2.22. The van der Waals surface area contributed by atoms with Gasteiger partial charge in [-0.25, -0.2) is 0 Å². The molecule has 2 N–H and O–H groups in total. The van der Waals surface area contributed by atoms with Gasteiger partial charge in [-0.1, -0.05) is 31.2 Å². The molecule has 0 bridgehead atoms. The van der Waals surface area contributed by atoms with E-state index in [2.05, 4.69) is 34.0 Å². The number of fused-ring (bicyclic) bond motifs is 1. The second-order valence-corrected chi connectivity index (χ2v) is 10.2. The summed E-state index contributed by atoms with van der Waals surface area (Å²) in [6.45, 7) is 2.26. The van der Waals surface area contributed by atoms with Crippen LogP contribution >= 0.6 is 34.4 Å². The van der Waals surface area contributed by atoms with E-state index in [4.69, 9.17) is 0 Å². The van der Waals surface area contributed by atoms with Crippen molar-refractivity contribution >= 4 is 46.2 Å². The van der Waals surface area contributed by atoms with E-state index in [1.807, 2.05) is 17.0 Å². The summed E-state index contributed by atoms with van der Waals surface area (Å²) >= 11 is 4.41. The summed E-state index contributed by atoms with van der Waals surface area (Å²) in [4.78, 5) is 27.1. The van der Waals surface area contributed by atoms with Crippen LogP contribution in [-0.4, -0.2) is 32.3 Å². The summed E-state index contributed by atoms with van der Waals surface area (Å²) in [6.07, 6.45) is 4.79. The van der Waals surface area contributed by atoms with Crippen LogP contribution in [0.1, 0.15) is 39.9 Å². The van der Waals surface area contributed by atoms with Gasteiger partial charge < -0.3 is 4.57 Å². The van der Waals surface area contributed by atoms with Gasteiger partial charge in [0.25, 0.3) is 5.91 Å². The molecule has 2 amide bonds. The largest absolute Gasteiger partial charge is 0.304 e. The summed E-state index contributed by atoms with van der Waals surface area (Å²) in [5, 5.41) is 11.1. The first-order valence-electron chi connectivity index (χ1n) is 9.82. The SMILES string of the molecule is CC[C@@H]1CCc2sc(-c3nnc(SCC(=O)NNC(=O)c4cccs4)n3C)cc2C1. The minimum absolute atomic E-state index is 0.135. The van der Waals surface area contributed by atoms with E-state index < -0.39 is 0 Å². The van der Waals surface area contributed by atoms with Gasteiger partial charge in [-0.2, -0.15) is 0 Å². The molecule has 7 nitrogen and oxygen atoms in total. The van der Waals surface area contributed by atoms with Crippen LogP contribution in [0.4, 0.5) is 0 Å². The number of nitrogens with zero attached hydrogens (tertiary/aromatic N) is 3. The number of amides is 2. The van der Waals surface area contributed by atoms with Gasteiger partial charge in [-0.3, -0.25) is 20.4 Å². The smallest absolute Gasteiger partial charge is 0.279 e. The number of thiophene rings is 2. The zero-order valence-electron chi connectivity index (χ0n) is 16.8. The molecule has 0 aromatic carbocycles. The molecule has 0 spiro atoms. The van der Waals surface area contributed by atoms with E-state index >= 15 is 0 Å². The second-order valence-electron chi connectivity index (χ2n) is 7.21. The molecular formula is C20H23N5O2S3. The Labute approximate surface area is 187 Å². The molecule has 1 aliphatic rings. The maximum atomic E-state index is 12.1. The number of rotatable bonds is 6. The molecule has 0 saturated carbocycles. The topological polar surface area (TPSA) is 88.9 Å². The zero-order valence-corrected chi connectivity index (χ0v) is 19.3. The van der Waals surface area contributed by atoms with E-state index in [1.54, 1.807) is 23.5 Å². The molecule has 3 aromatic heterocycles. The van der Waals surface area contributed by atoms with Crippen LogP contribution in [-0.2, 0) is 24.7 Å². The second kappa shape index (κ2) is 9.32. The van der Waals surface area contributed by atoms with E-state index in [9.17, 15) is 9.59 Å². The molecule has 0 radical (unpaired) electrons. The van der Waals surface area contributed by atoms with Crippen molar-refractivity contribution < 1.29 is 9.59 Å². The van der Waals surface area contributed by atoms with Gasteiger partial charge in [0.1, 0.15) is 0 Å². The average molecular weight is 462 g/mol. The van der Waals surface area contributed by atoms with Gasteiger partial charge >= 0.3 is 0 Å². The Balaban J connectivity index is 1.34. The molecule has 3 heterocycles. The number of thioether (sulfide) groups is 1. The van der Waals surface area contributed by atoms with Crippen molar-refractivity contribution in [1.29, 1.82) is 0 Å². The summed E-state index contributed by atoms with van der Waals surface area (Å²) < 4.78 is 1.93. The Morgan fingerprint density at radius 2 is 2.20 bits per heavy atom. The Kier molecular flexibility index (Phi) is 6.55. The van der Waals surface area contributed by atoms with Gasteiger partial charge in [-0.15, -0.1) is 32.9 Å². The number of nitrogens with one attached hydrogen (secondary N) is 2. The lowest BCUT2D eigenvalue weighted by Gasteiger charge is -2.19. The Morgan fingerprint density at radius 3 is 2.97 bits per heavy atom. The third-order valence-corrected chi connectivity index (χ3v) is 8.33. The molecule has 1 atom stereocenters. The average Bonchev–Trinajstić information content (AvgIpc) is 3.49. The van der Waals surface area contributed by atoms with Crippen LogP contribution in [0.15, 0.2) is 28.7 Å². The normalized spacial score (nSPS) is 15.6. The van der Waals surface area contributed by atoms with Crippen molar-refractivity contribution in [2.24, 2.45) is 13.0 Å². The van der Waals surface area contributed by atoms with Gasteiger partial charge in [0.2, 0.25) is 5.91 Å². The molecule has 30 heavy (non-hydrogen) atoms. The number of hydrazine groups is 1. The van der Waals surface area contributed by atoms with Crippen molar-refractivity contribution in [1.82, 2.24) is 25.6 Å². The highest BCUT2D eigenvalue weighted by Crippen LogP contribution is 2.37. The summed E-state index contributed by atoms with van der Waals surface area (Å²) in [5.41, 5.74) is 6.30. The molecule has 0 fully saturated rings. The molecule has 0 unspecified atom stereocenters. The number of aromatic nitrogens is 3. The standard InChI is InChI=1S/C20H23N5O2S3/c1-3-12-6-7-14-13(9-12)10-16(30-14)18-22-24-20(25(18)2)29-11-17(26)21-23-19(27)15-5-4-8-28-15/h4-5,8,10,12H,3,6-7,9,11H2,1-2H3,(H,21,26)(H,23,27)/t12-/m1/s1. The van der Waals surface area contributed by atoms with E-state index in [1.165, 1.54) is 46.4 Å². The van der Waals surface area contributed by atoms with Crippen molar-refractivity contribution in [3.8, 4) is 10.7 Å². The van der Waals surface area contributed by atoms with Gasteiger partial charge in [0.15, 0.2) is 11.0 Å². The minimum atomic E-state index is -0.323. The molecule has 10 heteroatoms. The number of carbonyl (C=O) groups is 2. The lowest BCUT2D eigenvalue weighted by Crippen LogP contribution is -2.42. The molecular weight excluding hydrogens is 438 g/mol. The van der Waals surface area contributed by atoms with E-state index in [-0.39, 0.29) is 17.6 Å². The molecule has 0 aliphatic heterocycles. The minimum Gasteiger partial charge on any atom is -0.304 e. The summed E-state index contributed by atoms with van der Waals surface area (Å²) in [5.74, 6) is 1.12. The van der Waals surface area contributed by atoms with Crippen LogP contribution in [0.25, 0.3) is 10.7 Å². The molecule has 3 aromatic rings. The Hall–Kier alpha value is -2.17. The highest BCUT2D eigenvalue weighted by atomic mass is 32.2. The lowest BCUT2D eigenvalue weighted by atomic mass is 9.87. The lowest BCUT2D eigenvalue weighted by molar-refractivity contribution is -0.119. The Morgan fingerprint density at radius 1 is 1.33 bits per heavy atom. The third-order valence-electron chi connectivity index (χ3n) is 5.21. The molecule has 1 aliphatic carbocycles. The quantitative estimate of drug-likeness (QED) is 0.432. The van der Waals surface area contributed by atoms with Gasteiger partial charge in [-0.05, 0) is 48.3 Å². The fourth-order valence-electron chi connectivity index (χ4n) is 3.47. The zero-order chi connectivity index (χ0) is 21.1. The number of hydrogen-bond acceptors (Lipinski definition) is 7. The fourth-order valence-corrected chi connectivity index (χ4v) is 6.03. The van der Waals surface area contributed by atoms with Crippen LogP contribution in [0.3, 0.4) is 0 Å². The van der Waals surface area contributed by atoms with Crippen molar-refractivity contribution in [3.63, 3.8) is 0 Å². The van der Waals surface area contributed by atoms with Crippen molar-refractivity contribution in [2.75, 3.05) is 5.75 Å². The summed E-state index contributed by atoms with van der Waals surface area (Å²) in [7, 11) is 1.92. The van der Waals surface area contributed by atoms with Gasteiger partial charge in [0, 0.05) is 11.9 Å². The maximum absolute atomic E-state index is 12.1. The van der Waals surface area contributed by atoms with Crippen molar-refractivity contribution in [2.45, 2.75) is 37.8 Å². The van der Waals surface area contributed by atoms with Crippen molar-refractivity contribution in [3.05, 3.63) is 38.9 Å². The Bertz CT molecular complexity index is 1040. The number of carbonyl (C=O) groups excluding carboxylic acids is 2. The van der Waals surface area contributed by atoms with Crippen LogP contribution in [0.5, 0.6) is 0 Å². The third kappa shape index (κ3) is 4.60. The fraction of sp³-hybridized carbons (Fsp3) is 0.400. The monoisotopic (exact) mass is 461 g/mol. The number of hydrogen-bond donors (Lipinski definition) is 2. The molecule has 158 valence electrons. The predicted molar refractivity (Wildman–Crippen MR) is 121 cm³/mol. The first-order chi connectivity index (χ1) is 14.5. The number of aryl methyl sites for hydroxylation is 1. The van der Waals surface area contributed by atoms with E-state index in [0.29, 0.717) is 10.0 Å². The summed E-state index contributed by atoms with van der Waals surface area (Å²) in [6, 6.07) is 5.75. The van der Waals surface area contributed by atoms with Crippen LogP contribution in [0, 0.1) is 5.92 Å². The first-order valence-corrected chi connectivity index (χ1v) is 12.5. The first kappa shape index (κ1) is 21.1. The predicted octanol–water partition coefficient (Wildman–Crippen LogP) is 3.67. The van der Waals surface area contributed by atoms with Crippen LogP contribution < -0.4 is 10.9 Å².